The second kappa shape index (κ2) is 14.3. The molecule has 0 aromatic carbocycles. The first-order chi connectivity index (χ1) is 13.4. The Hall–Kier alpha value is -1.73. The van der Waals surface area contributed by atoms with Gasteiger partial charge in [0.1, 0.15) is 6.10 Å². The maximum atomic E-state index is 10.4. The normalized spacial score (nSPS) is 25.5. The number of hydrogen-bond acceptors (Lipinski definition) is 5. The van der Waals surface area contributed by atoms with Gasteiger partial charge >= 0.3 is 5.97 Å². The Kier molecular flexibility index (Phi) is 12.4. The molecule has 0 radical (unpaired) electrons. The Bertz CT molecular complexity index is 551. The summed E-state index contributed by atoms with van der Waals surface area (Å²) in [6.45, 7) is 1.87. The van der Waals surface area contributed by atoms with Crippen LogP contribution >= 0.6 is 0 Å². The van der Waals surface area contributed by atoms with Crippen molar-refractivity contribution < 1.29 is 30.0 Å². The molecule has 0 spiro atoms. The van der Waals surface area contributed by atoms with Crippen molar-refractivity contribution in [2.75, 3.05) is 0 Å². The number of rotatable bonds is 13. The Morgan fingerprint density at radius 2 is 1.75 bits per heavy atom. The van der Waals surface area contributed by atoms with E-state index in [4.69, 9.17) is 9.84 Å². The average molecular weight is 395 g/mol. The van der Waals surface area contributed by atoms with Crippen molar-refractivity contribution in [3.05, 3.63) is 48.6 Å². The van der Waals surface area contributed by atoms with E-state index in [1.165, 1.54) is 0 Å². The number of carboxylic acids is 1. The second-order valence-electron chi connectivity index (χ2n) is 6.92. The Balaban J connectivity index is 2.22. The molecule has 0 aromatic heterocycles. The van der Waals surface area contributed by atoms with E-state index in [9.17, 15) is 20.1 Å². The van der Waals surface area contributed by atoms with Crippen LogP contribution in [-0.4, -0.2) is 56.9 Å². The highest BCUT2D eigenvalue weighted by Gasteiger charge is 2.35. The van der Waals surface area contributed by atoms with E-state index in [1.807, 2.05) is 43.4 Å². The minimum Gasteiger partial charge on any atom is -0.481 e. The van der Waals surface area contributed by atoms with Gasteiger partial charge in [0.05, 0.1) is 24.4 Å². The van der Waals surface area contributed by atoms with Crippen molar-refractivity contribution in [1.29, 1.82) is 0 Å². The maximum Gasteiger partial charge on any atom is 0.303 e. The maximum absolute atomic E-state index is 10.4. The van der Waals surface area contributed by atoms with Crippen LogP contribution in [0.3, 0.4) is 0 Å². The van der Waals surface area contributed by atoms with Crippen LogP contribution in [0.2, 0.25) is 0 Å². The molecule has 0 amide bonds. The van der Waals surface area contributed by atoms with Gasteiger partial charge in [0, 0.05) is 12.8 Å². The molecular weight excluding hydrogens is 360 g/mol. The van der Waals surface area contributed by atoms with E-state index in [0.717, 1.165) is 12.8 Å². The average Bonchev–Trinajstić information content (AvgIpc) is 3.04. The van der Waals surface area contributed by atoms with Crippen molar-refractivity contribution in [2.45, 2.75) is 82.4 Å². The molecule has 0 saturated carbocycles. The first-order valence-electron chi connectivity index (χ1n) is 9.98. The molecule has 6 heteroatoms. The van der Waals surface area contributed by atoms with Crippen LogP contribution in [-0.2, 0) is 9.53 Å². The van der Waals surface area contributed by atoms with Crippen molar-refractivity contribution in [3.63, 3.8) is 0 Å². The fraction of sp³-hybridized carbons (Fsp3) is 0.591. The van der Waals surface area contributed by atoms with Gasteiger partial charge in [-0.25, -0.2) is 0 Å². The van der Waals surface area contributed by atoms with Gasteiger partial charge < -0.3 is 25.2 Å². The minimum atomic E-state index is -0.785. The molecule has 6 nitrogen and oxygen atoms in total. The predicted octanol–water partition coefficient (Wildman–Crippen LogP) is 2.90. The molecular formula is C22H34O6. The lowest BCUT2D eigenvalue weighted by Gasteiger charge is -2.16. The zero-order valence-corrected chi connectivity index (χ0v) is 16.6. The van der Waals surface area contributed by atoms with Crippen molar-refractivity contribution in [1.82, 2.24) is 0 Å². The fourth-order valence-corrected chi connectivity index (χ4v) is 2.77. The summed E-state index contributed by atoms with van der Waals surface area (Å²) in [5.74, 6) is -0.785. The second-order valence-corrected chi connectivity index (χ2v) is 6.92. The zero-order valence-electron chi connectivity index (χ0n) is 16.6. The smallest absolute Gasteiger partial charge is 0.303 e. The van der Waals surface area contributed by atoms with Crippen molar-refractivity contribution in [3.8, 4) is 0 Å². The number of aliphatic hydroxyl groups excluding tert-OH is 3. The molecule has 1 aliphatic heterocycles. The third kappa shape index (κ3) is 10.6. The van der Waals surface area contributed by atoms with Gasteiger partial charge in [0.2, 0.25) is 0 Å². The van der Waals surface area contributed by atoms with Gasteiger partial charge in [-0.3, -0.25) is 4.79 Å². The molecule has 1 saturated heterocycles. The quantitative estimate of drug-likeness (QED) is 0.358. The van der Waals surface area contributed by atoms with E-state index in [-0.39, 0.29) is 6.42 Å². The number of carboxylic acid groups (broad SMARTS) is 1. The fourth-order valence-electron chi connectivity index (χ4n) is 2.77. The largest absolute Gasteiger partial charge is 0.481 e. The van der Waals surface area contributed by atoms with Crippen LogP contribution in [0.15, 0.2) is 48.6 Å². The standard InChI is InChI=1S/C22H34O6/c1-2-17(23)14-15-20-19(25)16-21(28-20)18(24)12-10-8-6-4-3-5-7-9-11-13-22(26)27/h3-4,7-10,14-15,17-21,23-25H,2,5-6,11-13,16H2,1H3,(H,26,27)/b4-3-,9-7-,10-8-,15-14+/t17-,18-,19-,20-,21+/m1/s1. The van der Waals surface area contributed by atoms with Crippen molar-refractivity contribution in [2.24, 2.45) is 0 Å². The van der Waals surface area contributed by atoms with Gasteiger partial charge in [-0.15, -0.1) is 0 Å². The van der Waals surface area contributed by atoms with E-state index >= 15 is 0 Å². The summed E-state index contributed by atoms with van der Waals surface area (Å²) >= 11 is 0. The summed E-state index contributed by atoms with van der Waals surface area (Å²) in [6, 6.07) is 0. The molecule has 5 atom stereocenters. The predicted molar refractivity (Wildman–Crippen MR) is 109 cm³/mol. The van der Waals surface area contributed by atoms with Gasteiger partial charge in [-0.05, 0) is 32.1 Å². The Morgan fingerprint density at radius 3 is 2.39 bits per heavy atom. The summed E-state index contributed by atoms with van der Waals surface area (Å²) < 4.78 is 5.70. The number of allylic oxidation sites excluding steroid dienone is 5. The number of aliphatic carboxylic acids is 1. The molecule has 28 heavy (non-hydrogen) atoms. The Morgan fingerprint density at radius 1 is 1.11 bits per heavy atom. The van der Waals surface area contributed by atoms with E-state index in [0.29, 0.717) is 25.7 Å². The van der Waals surface area contributed by atoms with E-state index < -0.39 is 36.5 Å². The summed E-state index contributed by atoms with van der Waals surface area (Å²) in [4.78, 5) is 10.4. The minimum absolute atomic E-state index is 0.157. The van der Waals surface area contributed by atoms with E-state index in [2.05, 4.69) is 0 Å². The molecule has 0 aliphatic carbocycles. The van der Waals surface area contributed by atoms with Crippen LogP contribution in [0.25, 0.3) is 0 Å². The molecule has 1 heterocycles. The molecule has 158 valence electrons. The van der Waals surface area contributed by atoms with Crippen LogP contribution in [0.1, 0.15) is 51.9 Å². The van der Waals surface area contributed by atoms with Crippen LogP contribution in [0.5, 0.6) is 0 Å². The molecule has 1 fully saturated rings. The van der Waals surface area contributed by atoms with Gasteiger partial charge in [0.15, 0.2) is 0 Å². The molecule has 0 aromatic rings. The lowest BCUT2D eigenvalue weighted by Crippen LogP contribution is -2.25. The number of ether oxygens (including phenoxy) is 1. The third-order valence-corrected chi connectivity index (χ3v) is 4.50. The highest BCUT2D eigenvalue weighted by atomic mass is 16.5. The molecule has 1 rings (SSSR count). The zero-order chi connectivity index (χ0) is 20.8. The van der Waals surface area contributed by atoms with E-state index in [1.54, 1.807) is 12.2 Å². The van der Waals surface area contributed by atoms with Crippen molar-refractivity contribution >= 4 is 5.97 Å². The molecule has 4 N–H and O–H groups in total. The third-order valence-electron chi connectivity index (χ3n) is 4.50. The monoisotopic (exact) mass is 394 g/mol. The van der Waals surface area contributed by atoms with Crippen LogP contribution in [0, 0.1) is 0 Å². The van der Waals surface area contributed by atoms with Crippen LogP contribution < -0.4 is 0 Å². The summed E-state index contributed by atoms with van der Waals surface area (Å²) in [5.41, 5.74) is 0. The lowest BCUT2D eigenvalue weighted by molar-refractivity contribution is -0.136. The molecule has 1 aliphatic rings. The summed E-state index contributed by atoms with van der Waals surface area (Å²) in [7, 11) is 0. The summed E-state index contributed by atoms with van der Waals surface area (Å²) in [6.07, 6.45) is 15.9. The highest BCUT2D eigenvalue weighted by molar-refractivity contribution is 5.66. The molecule has 0 bridgehead atoms. The van der Waals surface area contributed by atoms with Gasteiger partial charge in [0.25, 0.3) is 0 Å². The highest BCUT2D eigenvalue weighted by Crippen LogP contribution is 2.25. The Labute approximate surface area is 167 Å². The number of aliphatic hydroxyl groups is 3. The number of hydrogen-bond donors (Lipinski definition) is 4. The first kappa shape index (κ1) is 24.3. The molecule has 0 unspecified atom stereocenters. The SMILES string of the molecule is CC[C@@H](O)/C=C/[C@H]1O[C@H]([C@H](O)C/C=C\C/C=C\C/C=C\CCC(=O)O)C[C@H]1O. The first-order valence-corrected chi connectivity index (χ1v) is 9.98. The number of carbonyl (C=O) groups is 1. The van der Waals surface area contributed by atoms with Gasteiger partial charge in [-0.1, -0.05) is 55.5 Å². The summed E-state index contributed by atoms with van der Waals surface area (Å²) in [5, 5.41) is 38.3. The topological polar surface area (TPSA) is 107 Å². The lowest BCUT2D eigenvalue weighted by atomic mass is 10.0. The van der Waals surface area contributed by atoms with Gasteiger partial charge in [-0.2, -0.15) is 0 Å². The van der Waals surface area contributed by atoms with Crippen LogP contribution in [0.4, 0.5) is 0 Å².